The van der Waals surface area contributed by atoms with E-state index < -0.39 is 14.8 Å². The first kappa shape index (κ1) is 17.0. The van der Waals surface area contributed by atoms with Gasteiger partial charge in [0.25, 0.3) is 5.69 Å². The van der Waals surface area contributed by atoms with Crippen LogP contribution in [-0.2, 0) is 9.84 Å². The number of rotatable bonds is 6. The zero-order valence-electron chi connectivity index (χ0n) is 13.0. The molecule has 122 valence electrons. The van der Waals surface area contributed by atoms with Gasteiger partial charge in [-0.1, -0.05) is 0 Å². The quantitative estimate of drug-likeness (QED) is 0.598. The number of nitrogens with zero attached hydrogens (tertiary/aromatic N) is 2. The van der Waals surface area contributed by atoms with Crippen LogP contribution in [0.3, 0.4) is 0 Å². The minimum Gasteiger partial charge on any atom is -0.372 e. The predicted molar refractivity (Wildman–Crippen MR) is 88.6 cm³/mol. The van der Waals surface area contributed by atoms with Gasteiger partial charge in [-0.15, -0.1) is 0 Å². The van der Waals surface area contributed by atoms with E-state index in [0.29, 0.717) is 0 Å². The van der Waals surface area contributed by atoms with Gasteiger partial charge in [-0.3, -0.25) is 10.1 Å². The number of nitro groups is 1. The topological polar surface area (TPSA) is 80.5 Å². The summed E-state index contributed by atoms with van der Waals surface area (Å²) in [4.78, 5) is 12.4. The standard InChI is InChI=1S/C16H18N2O4S/c1-3-17(4-2)13-5-9-15(10-6-13)23(21,22)16-11-7-14(8-12-16)18(19)20/h5-12H,3-4H2,1-2H3. The van der Waals surface area contributed by atoms with Crippen LogP contribution in [0.2, 0.25) is 0 Å². The molecule has 6 nitrogen and oxygen atoms in total. The zero-order chi connectivity index (χ0) is 17.0. The van der Waals surface area contributed by atoms with Crippen molar-refractivity contribution in [1.82, 2.24) is 0 Å². The number of benzene rings is 2. The summed E-state index contributed by atoms with van der Waals surface area (Å²) in [6, 6.07) is 11.6. The van der Waals surface area contributed by atoms with Crippen molar-refractivity contribution in [3.63, 3.8) is 0 Å². The summed E-state index contributed by atoms with van der Waals surface area (Å²) in [7, 11) is -3.68. The van der Waals surface area contributed by atoms with Gasteiger partial charge in [0, 0.05) is 30.9 Å². The molecule has 0 unspecified atom stereocenters. The minimum absolute atomic E-state index is 0.0405. The lowest BCUT2D eigenvalue weighted by Gasteiger charge is -2.21. The van der Waals surface area contributed by atoms with Gasteiger partial charge in [0.1, 0.15) is 0 Å². The third-order valence-corrected chi connectivity index (χ3v) is 5.42. The molecule has 2 rings (SSSR count). The molecule has 0 saturated carbocycles. The highest BCUT2D eigenvalue weighted by molar-refractivity contribution is 7.91. The van der Waals surface area contributed by atoms with E-state index in [-0.39, 0.29) is 15.5 Å². The molecule has 0 amide bonds. The number of anilines is 1. The monoisotopic (exact) mass is 334 g/mol. The molecule has 0 fully saturated rings. The summed E-state index contributed by atoms with van der Waals surface area (Å²) in [5.41, 5.74) is 0.818. The Morgan fingerprint density at radius 2 is 1.35 bits per heavy atom. The second-order valence-electron chi connectivity index (χ2n) is 4.92. The van der Waals surface area contributed by atoms with Crippen molar-refractivity contribution in [3.8, 4) is 0 Å². The summed E-state index contributed by atoms with van der Waals surface area (Å²) in [5, 5.41) is 10.6. The van der Waals surface area contributed by atoms with Crippen molar-refractivity contribution in [2.24, 2.45) is 0 Å². The van der Waals surface area contributed by atoms with Crippen LogP contribution in [0.1, 0.15) is 13.8 Å². The maximum atomic E-state index is 12.6. The van der Waals surface area contributed by atoms with Crippen LogP contribution in [0.15, 0.2) is 58.3 Å². The van der Waals surface area contributed by atoms with Gasteiger partial charge in [-0.25, -0.2) is 8.42 Å². The van der Waals surface area contributed by atoms with Gasteiger partial charge in [-0.05, 0) is 50.2 Å². The molecule has 0 aliphatic rings. The van der Waals surface area contributed by atoms with Crippen LogP contribution < -0.4 is 4.90 Å². The van der Waals surface area contributed by atoms with E-state index in [4.69, 9.17) is 0 Å². The predicted octanol–water partition coefficient (Wildman–Crippen LogP) is 3.27. The molecule has 0 aliphatic carbocycles. The molecule has 0 saturated heterocycles. The Balaban J connectivity index is 2.34. The van der Waals surface area contributed by atoms with Crippen molar-refractivity contribution in [2.45, 2.75) is 23.6 Å². The summed E-state index contributed by atoms with van der Waals surface area (Å²) in [5.74, 6) is 0. The summed E-state index contributed by atoms with van der Waals surface area (Å²) in [6.45, 7) is 5.74. The summed E-state index contributed by atoms with van der Waals surface area (Å²) >= 11 is 0. The molecule has 0 bridgehead atoms. The highest BCUT2D eigenvalue weighted by atomic mass is 32.2. The SMILES string of the molecule is CCN(CC)c1ccc(S(=O)(=O)c2ccc([N+](=O)[O-])cc2)cc1. The van der Waals surface area contributed by atoms with E-state index in [1.807, 2.05) is 13.8 Å². The molecular formula is C16H18N2O4S. The van der Waals surface area contributed by atoms with E-state index in [1.165, 1.54) is 24.3 Å². The molecule has 7 heteroatoms. The normalized spacial score (nSPS) is 11.2. The molecular weight excluding hydrogens is 316 g/mol. The number of non-ortho nitro benzene ring substituents is 1. The Kier molecular flexibility index (Phi) is 5.00. The van der Waals surface area contributed by atoms with Crippen molar-refractivity contribution in [1.29, 1.82) is 0 Å². The van der Waals surface area contributed by atoms with Crippen molar-refractivity contribution < 1.29 is 13.3 Å². The maximum Gasteiger partial charge on any atom is 0.269 e. The van der Waals surface area contributed by atoms with E-state index in [2.05, 4.69) is 4.90 Å². The fourth-order valence-electron chi connectivity index (χ4n) is 2.31. The molecule has 0 radical (unpaired) electrons. The van der Waals surface area contributed by atoms with Gasteiger partial charge in [0.2, 0.25) is 9.84 Å². The largest absolute Gasteiger partial charge is 0.372 e. The van der Waals surface area contributed by atoms with Crippen molar-refractivity contribution in [3.05, 3.63) is 58.6 Å². The highest BCUT2D eigenvalue weighted by Gasteiger charge is 2.19. The van der Waals surface area contributed by atoms with E-state index in [1.54, 1.807) is 24.3 Å². The van der Waals surface area contributed by atoms with Crippen molar-refractivity contribution >= 4 is 21.2 Å². The molecule has 0 heterocycles. The fourth-order valence-corrected chi connectivity index (χ4v) is 3.57. The van der Waals surface area contributed by atoms with Crippen LogP contribution in [0.4, 0.5) is 11.4 Å². The Morgan fingerprint density at radius 1 is 0.913 bits per heavy atom. The molecule has 0 atom stereocenters. The fraction of sp³-hybridized carbons (Fsp3) is 0.250. The highest BCUT2D eigenvalue weighted by Crippen LogP contribution is 2.25. The molecule has 0 aromatic heterocycles. The molecule has 23 heavy (non-hydrogen) atoms. The smallest absolute Gasteiger partial charge is 0.269 e. The number of nitro benzene ring substituents is 1. The van der Waals surface area contributed by atoms with Gasteiger partial charge >= 0.3 is 0 Å². The second kappa shape index (κ2) is 6.78. The number of sulfone groups is 1. The van der Waals surface area contributed by atoms with Crippen LogP contribution >= 0.6 is 0 Å². The van der Waals surface area contributed by atoms with E-state index in [9.17, 15) is 18.5 Å². The third-order valence-electron chi connectivity index (χ3n) is 3.63. The lowest BCUT2D eigenvalue weighted by molar-refractivity contribution is -0.384. The third kappa shape index (κ3) is 3.50. The number of hydrogen-bond donors (Lipinski definition) is 0. The maximum absolute atomic E-state index is 12.6. The van der Waals surface area contributed by atoms with E-state index in [0.717, 1.165) is 18.8 Å². The van der Waals surface area contributed by atoms with Crippen LogP contribution in [-0.4, -0.2) is 26.4 Å². The Labute approximate surface area is 135 Å². The minimum atomic E-state index is -3.68. The zero-order valence-corrected chi connectivity index (χ0v) is 13.8. The molecule has 0 aliphatic heterocycles. The Morgan fingerprint density at radius 3 is 1.74 bits per heavy atom. The first-order valence-electron chi connectivity index (χ1n) is 7.24. The molecule has 0 N–H and O–H groups in total. The lowest BCUT2D eigenvalue weighted by Crippen LogP contribution is -2.21. The average molecular weight is 334 g/mol. The second-order valence-corrected chi connectivity index (χ2v) is 6.87. The number of hydrogen-bond acceptors (Lipinski definition) is 5. The lowest BCUT2D eigenvalue weighted by atomic mass is 10.3. The van der Waals surface area contributed by atoms with Gasteiger partial charge in [0.05, 0.1) is 14.7 Å². The van der Waals surface area contributed by atoms with Gasteiger partial charge in [-0.2, -0.15) is 0 Å². The van der Waals surface area contributed by atoms with Crippen LogP contribution in [0, 0.1) is 10.1 Å². The summed E-state index contributed by atoms with van der Waals surface area (Å²) in [6.07, 6.45) is 0. The molecule has 2 aromatic carbocycles. The first-order valence-corrected chi connectivity index (χ1v) is 8.73. The summed E-state index contributed by atoms with van der Waals surface area (Å²) < 4.78 is 25.1. The van der Waals surface area contributed by atoms with Gasteiger partial charge < -0.3 is 4.90 Å². The van der Waals surface area contributed by atoms with Gasteiger partial charge in [0.15, 0.2) is 0 Å². The van der Waals surface area contributed by atoms with Crippen LogP contribution in [0.25, 0.3) is 0 Å². The molecule has 0 spiro atoms. The average Bonchev–Trinajstić information content (AvgIpc) is 2.56. The van der Waals surface area contributed by atoms with Crippen molar-refractivity contribution in [2.75, 3.05) is 18.0 Å². The Hall–Kier alpha value is -2.41. The van der Waals surface area contributed by atoms with Crippen LogP contribution in [0.5, 0.6) is 0 Å². The Bertz CT molecular complexity index is 780. The van der Waals surface area contributed by atoms with E-state index >= 15 is 0 Å². The molecule has 2 aromatic rings. The first-order chi connectivity index (χ1) is 10.9.